The first-order valence-corrected chi connectivity index (χ1v) is 8.85. The lowest BCUT2D eigenvalue weighted by Gasteiger charge is -2.39. The van der Waals surface area contributed by atoms with E-state index in [0.717, 1.165) is 18.5 Å². The first-order chi connectivity index (χ1) is 11.5. The molecule has 0 aromatic carbocycles. The third kappa shape index (κ3) is 4.30. The molecule has 128 valence electrons. The minimum Gasteiger partial charge on any atom is -0.386 e. The number of pyridine rings is 1. The predicted molar refractivity (Wildman–Crippen MR) is 91.6 cm³/mol. The van der Waals surface area contributed by atoms with Crippen molar-refractivity contribution in [1.82, 2.24) is 10.3 Å². The first kappa shape index (κ1) is 16.9. The number of aliphatic hydroxyl groups is 1. The van der Waals surface area contributed by atoms with Gasteiger partial charge in [0.1, 0.15) is 11.6 Å². The lowest BCUT2D eigenvalue weighted by atomic mass is 9.92. The Morgan fingerprint density at radius 3 is 3.04 bits per heavy atom. The molecule has 7 heteroatoms. The number of nitrogens with zero attached hydrogens (tertiary/aromatic N) is 2. The van der Waals surface area contributed by atoms with Crippen LogP contribution in [0, 0.1) is 5.82 Å². The number of nitrogens with one attached hydrogen (secondary N) is 1. The molecule has 0 unspecified atom stereocenters. The van der Waals surface area contributed by atoms with Crippen molar-refractivity contribution < 1.29 is 14.3 Å². The number of halogens is 1. The van der Waals surface area contributed by atoms with Crippen LogP contribution in [0.2, 0.25) is 0 Å². The third-order valence-electron chi connectivity index (χ3n) is 4.15. The molecule has 0 spiro atoms. The van der Waals surface area contributed by atoms with E-state index < -0.39 is 5.60 Å². The van der Waals surface area contributed by atoms with Crippen molar-refractivity contribution in [2.24, 2.45) is 0 Å². The molecule has 1 amide bonds. The van der Waals surface area contributed by atoms with Crippen molar-refractivity contribution >= 4 is 23.1 Å². The second-order valence-corrected chi connectivity index (χ2v) is 6.95. The van der Waals surface area contributed by atoms with Gasteiger partial charge in [-0.15, -0.1) is 0 Å². The van der Waals surface area contributed by atoms with E-state index in [2.05, 4.69) is 10.3 Å². The van der Waals surface area contributed by atoms with Gasteiger partial charge in [0.2, 0.25) is 5.91 Å². The van der Waals surface area contributed by atoms with E-state index in [4.69, 9.17) is 0 Å². The molecule has 1 aliphatic heterocycles. The predicted octanol–water partition coefficient (Wildman–Crippen LogP) is 1.97. The van der Waals surface area contributed by atoms with E-state index in [1.54, 1.807) is 17.4 Å². The maximum Gasteiger partial charge on any atom is 0.224 e. The highest BCUT2D eigenvalue weighted by molar-refractivity contribution is 7.07. The van der Waals surface area contributed by atoms with Crippen LogP contribution >= 0.6 is 11.3 Å². The van der Waals surface area contributed by atoms with Crippen molar-refractivity contribution in [3.05, 3.63) is 46.5 Å². The van der Waals surface area contributed by atoms with Gasteiger partial charge in [-0.1, -0.05) is 0 Å². The van der Waals surface area contributed by atoms with Crippen LogP contribution < -0.4 is 10.2 Å². The molecule has 1 fully saturated rings. The molecule has 0 aliphatic carbocycles. The Hall–Kier alpha value is -1.99. The van der Waals surface area contributed by atoms with Crippen molar-refractivity contribution in [2.75, 3.05) is 24.5 Å². The van der Waals surface area contributed by atoms with Crippen LogP contribution in [-0.2, 0) is 11.2 Å². The van der Waals surface area contributed by atoms with Gasteiger partial charge in [-0.25, -0.2) is 9.37 Å². The summed E-state index contributed by atoms with van der Waals surface area (Å²) < 4.78 is 13.0. The molecule has 3 heterocycles. The summed E-state index contributed by atoms with van der Waals surface area (Å²) in [5.74, 6) is 0.157. The molecule has 24 heavy (non-hydrogen) atoms. The fourth-order valence-corrected chi connectivity index (χ4v) is 3.58. The second kappa shape index (κ2) is 7.27. The van der Waals surface area contributed by atoms with E-state index in [1.807, 2.05) is 21.7 Å². The number of rotatable bonds is 5. The van der Waals surface area contributed by atoms with Gasteiger partial charge in [-0.3, -0.25) is 4.79 Å². The number of hydrogen-bond acceptors (Lipinski definition) is 5. The summed E-state index contributed by atoms with van der Waals surface area (Å²) >= 11 is 1.56. The monoisotopic (exact) mass is 349 g/mol. The Morgan fingerprint density at radius 2 is 2.33 bits per heavy atom. The minimum atomic E-state index is -1.00. The minimum absolute atomic E-state index is 0.0983. The van der Waals surface area contributed by atoms with Gasteiger partial charge >= 0.3 is 0 Å². The van der Waals surface area contributed by atoms with Gasteiger partial charge in [0.25, 0.3) is 0 Å². The fraction of sp³-hybridized carbons (Fsp3) is 0.412. The average molecular weight is 349 g/mol. The molecule has 1 aliphatic rings. The quantitative estimate of drug-likeness (QED) is 0.866. The molecule has 3 rings (SSSR count). The first-order valence-electron chi connectivity index (χ1n) is 7.91. The molecule has 5 nitrogen and oxygen atoms in total. The lowest BCUT2D eigenvalue weighted by Crippen LogP contribution is -2.54. The van der Waals surface area contributed by atoms with Crippen LogP contribution in [0.5, 0.6) is 0 Å². The Balaban J connectivity index is 1.56. The highest BCUT2D eigenvalue weighted by Gasteiger charge is 2.34. The van der Waals surface area contributed by atoms with Crippen LogP contribution in [0.1, 0.15) is 18.4 Å². The summed E-state index contributed by atoms with van der Waals surface area (Å²) in [7, 11) is 0. The van der Waals surface area contributed by atoms with E-state index in [1.165, 1.54) is 12.3 Å². The van der Waals surface area contributed by atoms with Crippen LogP contribution in [0.25, 0.3) is 0 Å². The van der Waals surface area contributed by atoms with E-state index in [-0.39, 0.29) is 18.3 Å². The van der Waals surface area contributed by atoms with Gasteiger partial charge in [-0.2, -0.15) is 11.3 Å². The molecular formula is C17H20FN3O2S. The van der Waals surface area contributed by atoms with Crippen LogP contribution in [-0.4, -0.2) is 41.2 Å². The van der Waals surface area contributed by atoms with Gasteiger partial charge < -0.3 is 15.3 Å². The average Bonchev–Trinajstić information content (AvgIpc) is 3.07. The Bertz CT molecular complexity index is 678. The summed E-state index contributed by atoms with van der Waals surface area (Å²) in [6.45, 7) is 1.32. The number of piperidine rings is 1. The maximum atomic E-state index is 13.0. The number of aromatic nitrogens is 1. The van der Waals surface area contributed by atoms with Gasteiger partial charge in [0, 0.05) is 19.6 Å². The molecule has 0 bridgehead atoms. The second-order valence-electron chi connectivity index (χ2n) is 6.17. The largest absolute Gasteiger partial charge is 0.386 e. The van der Waals surface area contributed by atoms with Crippen molar-refractivity contribution in [1.29, 1.82) is 0 Å². The van der Waals surface area contributed by atoms with Crippen LogP contribution in [0.15, 0.2) is 35.2 Å². The summed E-state index contributed by atoms with van der Waals surface area (Å²) in [5.41, 5.74) is -0.0243. The van der Waals surface area contributed by atoms with E-state index in [9.17, 15) is 14.3 Å². The Morgan fingerprint density at radius 1 is 1.46 bits per heavy atom. The van der Waals surface area contributed by atoms with E-state index in [0.29, 0.717) is 25.2 Å². The number of carbonyl (C=O) groups excluding carboxylic acids is 1. The van der Waals surface area contributed by atoms with Crippen molar-refractivity contribution in [3.8, 4) is 0 Å². The zero-order valence-electron chi connectivity index (χ0n) is 13.2. The fourth-order valence-electron chi connectivity index (χ4n) is 2.91. The van der Waals surface area contributed by atoms with Gasteiger partial charge in [0.05, 0.1) is 18.2 Å². The molecular weight excluding hydrogens is 329 g/mol. The van der Waals surface area contributed by atoms with E-state index >= 15 is 0 Å². The van der Waals surface area contributed by atoms with Gasteiger partial charge in [-0.05, 0) is 47.4 Å². The molecule has 0 radical (unpaired) electrons. The number of hydrogen-bond donors (Lipinski definition) is 2. The highest BCUT2D eigenvalue weighted by atomic mass is 32.1. The number of anilines is 1. The normalized spacial score (nSPS) is 20.8. The third-order valence-corrected chi connectivity index (χ3v) is 4.88. The van der Waals surface area contributed by atoms with Crippen molar-refractivity contribution in [2.45, 2.75) is 24.9 Å². The standard InChI is InChI=1S/C17H20FN3O2S/c18-14-2-3-15(19-9-14)21-6-1-5-17(23,12-21)11-20-16(22)8-13-4-7-24-10-13/h2-4,7,9-10,23H,1,5-6,8,11-12H2,(H,20,22)/t17-/m0/s1. The Kier molecular flexibility index (Phi) is 5.11. The molecule has 1 saturated heterocycles. The molecule has 1 atom stereocenters. The molecule has 0 saturated carbocycles. The number of thiophene rings is 1. The summed E-state index contributed by atoms with van der Waals surface area (Å²) in [4.78, 5) is 18.0. The topological polar surface area (TPSA) is 65.5 Å². The smallest absolute Gasteiger partial charge is 0.224 e. The van der Waals surface area contributed by atoms with Crippen molar-refractivity contribution in [3.63, 3.8) is 0 Å². The Labute approximate surface area is 144 Å². The number of β-amino-alcohol motifs (C(OH)–C–C–N with tert-alkyl or cyclic N) is 1. The number of amides is 1. The molecule has 2 aromatic rings. The van der Waals surface area contributed by atoms with Crippen LogP contribution in [0.3, 0.4) is 0 Å². The lowest BCUT2D eigenvalue weighted by molar-refractivity contribution is -0.121. The molecule has 2 aromatic heterocycles. The van der Waals surface area contributed by atoms with Gasteiger partial charge in [0.15, 0.2) is 0 Å². The summed E-state index contributed by atoms with van der Waals surface area (Å²) in [5, 5.41) is 17.5. The SMILES string of the molecule is O=C(Cc1ccsc1)NC[C@@]1(O)CCCN(c2ccc(F)cn2)C1. The maximum absolute atomic E-state index is 13.0. The summed E-state index contributed by atoms with van der Waals surface area (Å²) in [6.07, 6.45) is 2.90. The zero-order valence-corrected chi connectivity index (χ0v) is 14.1. The number of carbonyl (C=O) groups is 1. The highest BCUT2D eigenvalue weighted by Crippen LogP contribution is 2.24. The molecule has 2 N–H and O–H groups in total. The zero-order chi connectivity index (χ0) is 17.0. The van der Waals surface area contributed by atoms with Crippen LogP contribution in [0.4, 0.5) is 10.2 Å². The summed E-state index contributed by atoms with van der Waals surface area (Å²) in [6, 6.07) is 4.89.